The Balaban J connectivity index is 1.74. The van der Waals surface area contributed by atoms with Gasteiger partial charge < -0.3 is 5.32 Å². The van der Waals surface area contributed by atoms with Crippen molar-refractivity contribution in [3.8, 4) is 0 Å². The highest BCUT2D eigenvalue weighted by Gasteiger charge is 2.19. The van der Waals surface area contributed by atoms with Gasteiger partial charge in [-0.15, -0.1) is 0 Å². The van der Waals surface area contributed by atoms with Crippen molar-refractivity contribution in [2.45, 2.75) is 44.2 Å². The van der Waals surface area contributed by atoms with Gasteiger partial charge in [-0.05, 0) is 37.6 Å². The van der Waals surface area contributed by atoms with Gasteiger partial charge in [-0.3, -0.25) is 9.67 Å². The van der Waals surface area contributed by atoms with E-state index in [4.69, 9.17) is 16.7 Å². The Bertz CT molecular complexity index is 589. The summed E-state index contributed by atoms with van der Waals surface area (Å²) in [5.41, 5.74) is 2.18. The van der Waals surface area contributed by atoms with E-state index < -0.39 is 0 Å². The molecule has 1 fully saturated rings. The van der Waals surface area contributed by atoms with Crippen molar-refractivity contribution >= 4 is 11.6 Å². The van der Waals surface area contributed by atoms with Gasteiger partial charge in [-0.1, -0.05) is 24.4 Å². The molecular weight excluding hydrogens is 284 g/mol. The van der Waals surface area contributed by atoms with Gasteiger partial charge in [0.25, 0.3) is 0 Å². The van der Waals surface area contributed by atoms with Crippen LogP contribution in [0.3, 0.4) is 0 Å². The number of halogens is 1. The van der Waals surface area contributed by atoms with E-state index in [-0.39, 0.29) is 6.04 Å². The van der Waals surface area contributed by atoms with E-state index in [1.807, 2.05) is 13.1 Å². The molecule has 5 heteroatoms. The Labute approximate surface area is 130 Å². The molecule has 0 spiro atoms. The van der Waals surface area contributed by atoms with Gasteiger partial charge in [0.2, 0.25) is 0 Å². The Hall–Kier alpha value is -1.39. The van der Waals surface area contributed by atoms with Crippen molar-refractivity contribution < 1.29 is 0 Å². The highest BCUT2D eigenvalue weighted by molar-refractivity contribution is 6.31. The molecule has 0 aliphatic heterocycles. The molecule has 2 heterocycles. The Morgan fingerprint density at radius 2 is 2.19 bits per heavy atom. The van der Waals surface area contributed by atoms with E-state index >= 15 is 0 Å². The summed E-state index contributed by atoms with van der Waals surface area (Å²) in [7, 11) is 1.95. The first kappa shape index (κ1) is 14.5. The zero-order valence-corrected chi connectivity index (χ0v) is 13.1. The molecule has 1 N–H and O–H groups in total. The SMILES string of the molecule is CNC(Cc1ccn(C2CCCC2)n1)c1ccncc1Cl. The average molecular weight is 305 g/mol. The van der Waals surface area contributed by atoms with E-state index in [0.29, 0.717) is 11.1 Å². The van der Waals surface area contributed by atoms with Crippen LogP contribution in [-0.2, 0) is 6.42 Å². The number of hydrogen-bond donors (Lipinski definition) is 1. The lowest BCUT2D eigenvalue weighted by Gasteiger charge is -2.16. The third-order valence-electron chi connectivity index (χ3n) is 4.30. The lowest BCUT2D eigenvalue weighted by atomic mass is 10.0. The number of pyridine rings is 1. The molecule has 4 nitrogen and oxygen atoms in total. The van der Waals surface area contributed by atoms with Crippen LogP contribution in [0.4, 0.5) is 0 Å². The highest BCUT2D eigenvalue weighted by Crippen LogP contribution is 2.29. The van der Waals surface area contributed by atoms with E-state index in [1.54, 1.807) is 12.4 Å². The van der Waals surface area contributed by atoms with Gasteiger partial charge in [0, 0.05) is 31.1 Å². The summed E-state index contributed by atoms with van der Waals surface area (Å²) in [6, 6.07) is 4.85. The number of aromatic nitrogens is 3. The number of hydrogen-bond acceptors (Lipinski definition) is 3. The van der Waals surface area contributed by atoms with E-state index in [9.17, 15) is 0 Å². The van der Waals surface area contributed by atoms with Crippen LogP contribution in [0, 0.1) is 0 Å². The molecular formula is C16H21ClN4. The standard InChI is InChI=1S/C16H21ClN4/c1-18-16(14-6-8-19-11-15(14)17)10-12-7-9-21(20-12)13-4-2-3-5-13/h6-9,11,13,16,18H,2-5,10H2,1H3. The molecule has 1 unspecified atom stereocenters. The molecule has 0 saturated heterocycles. The smallest absolute Gasteiger partial charge is 0.0643 e. The molecule has 0 amide bonds. The fourth-order valence-electron chi connectivity index (χ4n) is 3.10. The van der Waals surface area contributed by atoms with Gasteiger partial charge in [-0.2, -0.15) is 5.10 Å². The summed E-state index contributed by atoms with van der Waals surface area (Å²) in [5.74, 6) is 0. The van der Waals surface area contributed by atoms with Crippen LogP contribution in [0.2, 0.25) is 5.02 Å². The number of rotatable bonds is 5. The molecule has 1 aliphatic carbocycles. The maximum Gasteiger partial charge on any atom is 0.0643 e. The van der Waals surface area contributed by atoms with E-state index in [0.717, 1.165) is 17.7 Å². The minimum absolute atomic E-state index is 0.160. The summed E-state index contributed by atoms with van der Waals surface area (Å²) >= 11 is 6.24. The monoisotopic (exact) mass is 304 g/mol. The topological polar surface area (TPSA) is 42.7 Å². The third kappa shape index (κ3) is 3.27. The first-order valence-electron chi connectivity index (χ1n) is 7.58. The third-order valence-corrected chi connectivity index (χ3v) is 4.62. The van der Waals surface area contributed by atoms with Crippen molar-refractivity contribution in [3.63, 3.8) is 0 Å². The van der Waals surface area contributed by atoms with Gasteiger partial charge in [0.1, 0.15) is 0 Å². The van der Waals surface area contributed by atoms with Gasteiger partial charge >= 0.3 is 0 Å². The van der Waals surface area contributed by atoms with Crippen LogP contribution in [0.5, 0.6) is 0 Å². The molecule has 3 rings (SSSR count). The predicted molar refractivity (Wildman–Crippen MR) is 84.5 cm³/mol. The summed E-state index contributed by atoms with van der Waals surface area (Å²) in [6.07, 6.45) is 11.6. The van der Waals surface area contributed by atoms with E-state index in [2.05, 4.69) is 27.2 Å². The molecule has 0 aromatic carbocycles. The highest BCUT2D eigenvalue weighted by atomic mass is 35.5. The maximum absolute atomic E-state index is 6.24. The predicted octanol–water partition coefficient (Wildman–Crippen LogP) is 3.55. The molecule has 1 saturated carbocycles. The second-order valence-electron chi connectivity index (χ2n) is 5.67. The van der Waals surface area contributed by atoms with Gasteiger partial charge in [-0.25, -0.2) is 0 Å². The second-order valence-corrected chi connectivity index (χ2v) is 6.08. The number of nitrogens with one attached hydrogen (secondary N) is 1. The molecule has 0 radical (unpaired) electrons. The first-order valence-corrected chi connectivity index (χ1v) is 7.96. The first-order chi connectivity index (χ1) is 10.3. The van der Waals surface area contributed by atoms with Gasteiger partial charge in [0.05, 0.1) is 16.8 Å². The van der Waals surface area contributed by atoms with Crippen LogP contribution in [0.25, 0.3) is 0 Å². The van der Waals surface area contributed by atoms with Crippen LogP contribution < -0.4 is 5.32 Å². The van der Waals surface area contributed by atoms with Crippen molar-refractivity contribution in [1.82, 2.24) is 20.1 Å². The summed E-state index contributed by atoms with van der Waals surface area (Å²) in [6.45, 7) is 0. The quantitative estimate of drug-likeness (QED) is 0.918. The average Bonchev–Trinajstić information content (AvgIpc) is 3.16. The van der Waals surface area contributed by atoms with E-state index in [1.165, 1.54) is 25.7 Å². The maximum atomic E-state index is 6.24. The lowest BCUT2D eigenvalue weighted by molar-refractivity contribution is 0.459. The van der Waals surface area contributed by atoms with Crippen molar-refractivity contribution in [2.24, 2.45) is 0 Å². The normalized spacial score (nSPS) is 17.2. The molecule has 21 heavy (non-hydrogen) atoms. The zero-order chi connectivity index (χ0) is 14.7. The zero-order valence-electron chi connectivity index (χ0n) is 12.3. The fraction of sp³-hybridized carbons (Fsp3) is 0.500. The molecule has 2 aromatic rings. The molecule has 0 bridgehead atoms. The van der Waals surface area contributed by atoms with Crippen LogP contribution in [0.15, 0.2) is 30.7 Å². The van der Waals surface area contributed by atoms with Crippen LogP contribution >= 0.6 is 11.6 Å². The molecule has 1 atom stereocenters. The summed E-state index contributed by atoms with van der Waals surface area (Å²) in [5, 5.41) is 8.78. The van der Waals surface area contributed by atoms with Gasteiger partial charge in [0.15, 0.2) is 0 Å². The lowest BCUT2D eigenvalue weighted by Crippen LogP contribution is -2.19. The van der Waals surface area contributed by atoms with Crippen LogP contribution in [0.1, 0.15) is 49.0 Å². The molecule has 2 aromatic heterocycles. The second kappa shape index (κ2) is 6.58. The summed E-state index contributed by atoms with van der Waals surface area (Å²) in [4.78, 5) is 4.05. The van der Waals surface area contributed by atoms with Crippen LogP contribution in [-0.4, -0.2) is 21.8 Å². The summed E-state index contributed by atoms with van der Waals surface area (Å²) < 4.78 is 2.14. The Morgan fingerprint density at radius 3 is 2.90 bits per heavy atom. The number of likely N-dealkylation sites (N-methyl/N-ethyl adjacent to an activating group) is 1. The number of nitrogens with zero attached hydrogens (tertiary/aromatic N) is 3. The van der Waals surface area contributed by atoms with Crippen molar-refractivity contribution in [3.05, 3.63) is 47.0 Å². The molecule has 1 aliphatic rings. The largest absolute Gasteiger partial charge is 0.313 e. The van der Waals surface area contributed by atoms with Crippen molar-refractivity contribution in [1.29, 1.82) is 0 Å². The Kier molecular flexibility index (Phi) is 4.56. The minimum atomic E-state index is 0.160. The minimum Gasteiger partial charge on any atom is -0.313 e. The van der Waals surface area contributed by atoms with Crippen molar-refractivity contribution in [2.75, 3.05) is 7.05 Å². The Morgan fingerprint density at radius 1 is 1.38 bits per heavy atom. The fourth-order valence-corrected chi connectivity index (χ4v) is 3.35. The molecule has 112 valence electrons.